The van der Waals surface area contributed by atoms with Gasteiger partial charge in [-0.25, -0.2) is 0 Å². The van der Waals surface area contributed by atoms with Crippen molar-refractivity contribution in [3.8, 4) is 10.8 Å². The molecule has 2 aromatic carbocycles. The van der Waals surface area contributed by atoms with E-state index >= 15 is 0 Å². The van der Waals surface area contributed by atoms with Gasteiger partial charge in [-0.3, -0.25) is 4.79 Å². The maximum absolute atomic E-state index is 13.7. The molecule has 1 atom stereocenters. The van der Waals surface area contributed by atoms with Crippen LogP contribution in [-0.2, 0) is 4.79 Å². The third-order valence-electron chi connectivity index (χ3n) is 5.77. The number of likely N-dealkylation sites (tertiary alicyclic amines) is 1. The van der Waals surface area contributed by atoms with E-state index in [0.29, 0.717) is 18.3 Å². The number of carbonyl (C=O) groups excluding carboxylic acids is 1. The van der Waals surface area contributed by atoms with Gasteiger partial charge in [0.05, 0.1) is 16.7 Å². The van der Waals surface area contributed by atoms with Crippen LogP contribution in [0.1, 0.15) is 41.7 Å². The van der Waals surface area contributed by atoms with Crippen molar-refractivity contribution in [1.82, 2.24) is 15.1 Å². The van der Waals surface area contributed by atoms with E-state index in [-0.39, 0.29) is 17.7 Å². The average Bonchev–Trinajstić information content (AvgIpc) is 3.53. The van der Waals surface area contributed by atoms with Crippen molar-refractivity contribution < 1.29 is 9.21 Å². The van der Waals surface area contributed by atoms with E-state index in [1.54, 1.807) is 11.3 Å². The Morgan fingerprint density at radius 2 is 1.68 bits per heavy atom. The van der Waals surface area contributed by atoms with E-state index < -0.39 is 0 Å². The zero-order valence-corrected chi connectivity index (χ0v) is 17.9. The van der Waals surface area contributed by atoms with Crippen LogP contribution in [0, 0.1) is 0 Å². The van der Waals surface area contributed by atoms with Crippen molar-refractivity contribution in [1.29, 1.82) is 0 Å². The lowest BCUT2D eigenvalue weighted by Crippen LogP contribution is -2.42. The van der Waals surface area contributed by atoms with Gasteiger partial charge in [-0.1, -0.05) is 66.7 Å². The highest BCUT2D eigenvalue weighted by Crippen LogP contribution is 2.33. The first-order valence-corrected chi connectivity index (χ1v) is 11.4. The van der Waals surface area contributed by atoms with Crippen LogP contribution in [0.2, 0.25) is 0 Å². The van der Waals surface area contributed by atoms with Crippen molar-refractivity contribution in [2.75, 3.05) is 13.1 Å². The smallest absolute Gasteiger partial charge is 0.257 e. The number of carbonyl (C=O) groups is 1. The van der Waals surface area contributed by atoms with E-state index in [2.05, 4.69) is 10.2 Å². The standard InChI is InChI=1S/C25H23N3O2S/c29-25(22(18-9-3-1-4-10-18)19-11-5-2-6-12-19)28-15-7-13-20(17-28)23-26-27-24(30-23)21-14-8-16-31-21/h1-6,8-12,14,16,20,22H,7,13,15,17H2. The Bertz CT molecular complexity index is 1090. The molecular weight excluding hydrogens is 406 g/mol. The van der Waals surface area contributed by atoms with Gasteiger partial charge in [0.25, 0.3) is 5.89 Å². The highest BCUT2D eigenvalue weighted by Gasteiger charge is 2.33. The number of hydrogen-bond donors (Lipinski definition) is 0. The SMILES string of the molecule is O=C(C(c1ccccc1)c1ccccc1)N1CCCC(c2nnc(-c3cccs3)o2)C1. The van der Waals surface area contributed by atoms with E-state index in [0.717, 1.165) is 35.4 Å². The summed E-state index contributed by atoms with van der Waals surface area (Å²) in [5.41, 5.74) is 2.03. The first-order valence-electron chi connectivity index (χ1n) is 10.6. The van der Waals surface area contributed by atoms with Crippen LogP contribution in [0.25, 0.3) is 10.8 Å². The number of piperidine rings is 1. The summed E-state index contributed by atoms with van der Waals surface area (Å²) >= 11 is 1.58. The Balaban J connectivity index is 1.39. The predicted octanol–water partition coefficient (Wildman–Crippen LogP) is 5.34. The lowest BCUT2D eigenvalue weighted by Gasteiger charge is -2.34. The fourth-order valence-electron chi connectivity index (χ4n) is 4.23. The molecule has 0 spiro atoms. The quantitative estimate of drug-likeness (QED) is 0.430. The molecule has 1 saturated heterocycles. The molecule has 3 heterocycles. The number of thiophene rings is 1. The van der Waals surface area contributed by atoms with E-state index in [4.69, 9.17) is 4.42 Å². The summed E-state index contributed by atoms with van der Waals surface area (Å²) in [6.45, 7) is 1.35. The molecule has 0 bridgehead atoms. The Morgan fingerprint density at radius 3 is 2.32 bits per heavy atom. The van der Waals surface area contributed by atoms with Crippen molar-refractivity contribution >= 4 is 17.2 Å². The summed E-state index contributed by atoms with van der Waals surface area (Å²) < 4.78 is 5.98. The van der Waals surface area contributed by atoms with Gasteiger partial charge in [-0.05, 0) is 35.4 Å². The molecule has 0 saturated carbocycles. The van der Waals surface area contributed by atoms with Gasteiger partial charge in [-0.15, -0.1) is 21.5 Å². The van der Waals surface area contributed by atoms with Gasteiger partial charge < -0.3 is 9.32 Å². The molecule has 5 rings (SSSR count). The van der Waals surface area contributed by atoms with Crippen molar-refractivity contribution in [3.05, 3.63) is 95.2 Å². The molecule has 1 amide bonds. The Hall–Kier alpha value is -3.25. The largest absolute Gasteiger partial charge is 0.420 e. The molecular formula is C25H23N3O2S. The van der Waals surface area contributed by atoms with Crippen LogP contribution in [0.4, 0.5) is 0 Å². The van der Waals surface area contributed by atoms with Gasteiger partial charge >= 0.3 is 0 Å². The second-order valence-electron chi connectivity index (χ2n) is 7.80. The van der Waals surface area contributed by atoms with Gasteiger partial charge in [-0.2, -0.15) is 0 Å². The van der Waals surface area contributed by atoms with Gasteiger partial charge in [0.2, 0.25) is 11.8 Å². The molecule has 156 valence electrons. The zero-order chi connectivity index (χ0) is 21.0. The van der Waals surface area contributed by atoms with E-state index in [1.807, 2.05) is 83.1 Å². The van der Waals surface area contributed by atoms with Crippen molar-refractivity contribution in [2.24, 2.45) is 0 Å². The number of nitrogens with zero attached hydrogens (tertiary/aromatic N) is 3. The highest BCUT2D eigenvalue weighted by atomic mass is 32.1. The monoisotopic (exact) mass is 429 g/mol. The fourth-order valence-corrected chi connectivity index (χ4v) is 4.87. The zero-order valence-electron chi connectivity index (χ0n) is 17.1. The van der Waals surface area contributed by atoms with Gasteiger partial charge in [0, 0.05) is 13.1 Å². The second kappa shape index (κ2) is 8.86. The third kappa shape index (κ3) is 4.16. The maximum atomic E-state index is 13.7. The van der Waals surface area contributed by atoms with Gasteiger partial charge in [0.1, 0.15) is 0 Å². The summed E-state index contributed by atoms with van der Waals surface area (Å²) in [6.07, 6.45) is 1.86. The number of benzene rings is 2. The normalized spacial score (nSPS) is 16.5. The molecule has 31 heavy (non-hydrogen) atoms. The van der Waals surface area contributed by atoms with Crippen molar-refractivity contribution in [2.45, 2.75) is 24.7 Å². The van der Waals surface area contributed by atoms with E-state index in [1.165, 1.54) is 0 Å². The molecule has 1 fully saturated rings. The fraction of sp³-hybridized carbons (Fsp3) is 0.240. The summed E-state index contributed by atoms with van der Waals surface area (Å²) in [5.74, 6) is 1.05. The maximum Gasteiger partial charge on any atom is 0.257 e. The lowest BCUT2D eigenvalue weighted by molar-refractivity contribution is -0.133. The molecule has 4 aromatic rings. The van der Waals surface area contributed by atoms with Crippen LogP contribution < -0.4 is 0 Å². The summed E-state index contributed by atoms with van der Waals surface area (Å²) in [6, 6.07) is 24.0. The van der Waals surface area contributed by atoms with Crippen LogP contribution in [-0.4, -0.2) is 34.1 Å². The molecule has 6 heteroatoms. The molecule has 5 nitrogen and oxygen atoms in total. The number of aromatic nitrogens is 2. The average molecular weight is 430 g/mol. The van der Waals surface area contributed by atoms with Crippen LogP contribution in [0.15, 0.2) is 82.6 Å². The van der Waals surface area contributed by atoms with Crippen molar-refractivity contribution in [3.63, 3.8) is 0 Å². The highest BCUT2D eigenvalue weighted by molar-refractivity contribution is 7.13. The number of hydrogen-bond acceptors (Lipinski definition) is 5. The molecule has 1 aliphatic rings. The lowest BCUT2D eigenvalue weighted by atomic mass is 9.88. The van der Waals surface area contributed by atoms with Gasteiger partial charge in [0.15, 0.2) is 0 Å². The Kier molecular flexibility index (Phi) is 5.63. The minimum atomic E-state index is -0.314. The first kappa shape index (κ1) is 19.7. The number of amides is 1. The Morgan fingerprint density at radius 1 is 0.968 bits per heavy atom. The topological polar surface area (TPSA) is 59.2 Å². The van der Waals surface area contributed by atoms with Crippen LogP contribution in [0.5, 0.6) is 0 Å². The summed E-state index contributed by atoms with van der Waals surface area (Å²) in [7, 11) is 0. The molecule has 0 aliphatic carbocycles. The molecule has 1 unspecified atom stereocenters. The number of rotatable bonds is 5. The molecule has 0 N–H and O–H groups in total. The Labute approximate surface area is 185 Å². The van der Waals surface area contributed by atoms with Crippen LogP contribution >= 0.6 is 11.3 Å². The second-order valence-corrected chi connectivity index (χ2v) is 8.75. The third-order valence-corrected chi connectivity index (χ3v) is 6.63. The summed E-state index contributed by atoms with van der Waals surface area (Å²) in [5, 5.41) is 10.5. The minimum Gasteiger partial charge on any atom is -0.420 e. The summed E-state index contributed by atoms with van der Waals surface area (Å²) in [4.78, 5) is 16.7. The first-order chi connectivity index (χ1) is 15.3. The predicted molar refractivity (Wildman–Crippen MR) is 121 cm³/mol. The molecule has 2 aromatic heterocycles. The van der Waals surface area contributed by atoms with E-state index in [9.17, 15) is 4.79 Å². The minimum absolute atomic E-state index is 0.0612. The molecule has 1 aliphatic heterocycles. The van der Waals surface area contributed by atoms with Crippen LogP contribution in [0.3, 0.4) is 0 Å². The molecule has 0 radical (unpaired) electrons.